The topological polar surface area (TPSA) is 54.0 Å². The van der Waals surface area contributed by atoms with E-state index in [0.717, 1.165) is 0 Å². The first-order valence-electron chi connectivity index (χ1n) is 5.09. The number of para-hydroxylation sites is 2. The quantitative estimate of drug-likeness (QED) is 0.736. The van der Waals surface area contributed by atoms with Crippen LogP contribution in [-0.2, 0) is 9.47 Å². The maximum Gasteiger partial charge on any atom is 0.508 e. The number of fused-ring (bicyclic) bond motifs is 1. The fourth-order valence-corrected chi connectivity index (χ4v) is 1.34. The Morgan fingerprint density at radius 2 is 2.18 bits per heavy atom. The van der Waals surface area contributed by atoms with Gasteiger partial charge >= 0.3 is 6.16 Å². The summed E-state index contributed by atoms with van der Waals surface area (Å²) in [6.45, 7) is 0.412. The van der Waals surface area contributed by atoms with Gasteiger partial charge in [-0.2, -0.15) is 0 Å². The van der Waals surface area contributed by atoms with Crippen molar-refractivity contribution in [1.29, 1.82) is 0 Å². The molecule has 1 aliphatic heterocycles. The lowest BCUT2D eigenvalue weighted by Crippen LogP contribution is -2.15. The zero-order chi connectivity index (χ0) is 12.1. The van der Waals surface area contributed by atoms with Crippen molar-refractivity contribution in [3.05, 3.63) is 36.1 Å². The first-order valence-corrected chi connectivity index (χ1v) is 5.09. The van der Waals surface area contributed by atoms with Gasteiger partial charge in [-0.15, -0.1) is 0 Å². The molecular formula is C12H12O5. The average Bonchev–Trinajstić information content (AvgIpc) is 2.38. The van der Waals surface area contributed by atoms with Crippen molar-refractivity contribution in [3.8, 4) is 11.5 Å². The molecule has 17 heavy (non-hydrogen) atoms. The number of ether oxygens (including phenoxy) is 4. The van der Waals surface area contributed by atoms with Crippen LogP contribution >= 0.6 is 0 Å². The zero-order valence-electron chi connectivity index (χ0n) is 9.34. The Labute approximate surface area is 98.5 Å². The first-order chi connectivity index (χ1) is 8.29. The molecule has 0 aliphatic carbocycles. The molecule has 0 bridgehead atoms. The molecule has 0 atom stereocenters. The monoisotopic (exact) mass is 236 g/mol. The Morgan fingerprint density at radius 3 is 2.94 bits per heavy atom. The third-order valence-corrected chi connectivity index (χ3v) is 2.14. The summed E-state index contributed by atoms with van der Waals surface area (Å²) in [7, 11) is 1.26. The summed E-state index contributed by atoms with van der Waals surface area (Å²) < 4.78 is 20.0. The molecule has 90 valence electrons. The molecule has 0 saturated heterocycles. The Bertz CT molecular complexity index is 438. The zero-order valence-corrected chi connectivity index (χ0v) is 9.34. The van der Waals surface area contributed by atoms with Crippen molar-refractivity contribution < 1.29 is 23.7 Å². The van der Waals surface area contributed by atoms with Crippen LogP contribution < -0.4 is 9.47 Å². The predicted molar refractivity (Wildman–Crippen MR) is 59.0 cm³/mol. The van der Waals surface area contributed by atoms with Gasteiger partial charge in [-0.3, -0.25) is 0 Å². The third-order valence-electron chi connectivity index (χ3n) is 2.14. The van der Waals surface area contributed by atoms with Crippen molar-refractivity contribution in [2.75, 3.05) is 20.3 Å². The highest BCUT2D eigenvalue weighted by Crippen LogP contribution is 2.31. The summed E-state index contributed by atoms with van der Waals surface area (Å²) in [4.78, 5) is 10.7. The maximum atomic E-state index is 10.7. The van der Waals surface area contributed by atoms with E-state index < -0.39 is 6.16 Å². The summed E-state index contributed by atoms with van der Waals surface area (Å²) in [6, 6.07) is 7.37. The minimum Gasteiger partial charge on any atom is -0.482 e. The second-order valence-electron chi connectivity index (χ2n) is 3.27. The third kappa shape index (κ3) is 2.90. The van der Waals surface area contributed by atoms with E-state index in [0.29, 0.717) is 23.9 Å². The lowest BCUT2D eigenvalue weighted by atomic mass is 10.3. The SMILES string of the molecule is COC(=O)OC/C=C1/COc2ccccc2O1. The first kappa shape index (κ1) is 11.3. The molecule has 2 rings (SSSR count). The summed E-state index contributed by atoms with van der Waals surface area (Å²) in [5.41, 5.74) is 0. The normalized spacial score (nSPS) is 15.5. The van der Waals surface area contributed by atoms with E-state index >= 15 is 0 Å². The van der Waals surface area contributed by atoms with E-state index in [1.54, 1.807) is 6.08 Å². The molecule has 1 aromatic carbocycles. The average molecular weight is 236 g/mol. The van der Waals surface area contributed by atoms with Gasteiger partial charge in [0.05, 0.1) is 7.11 Å². The van der Waals surface area contributed by atoms with Gasteiger partial charge < -0.3 is 18.9 Å². The molecule has 0 amide bonds. The van der Waals surface area contributed by atoms with E-state index in [-0.39, 0.29) is 6.61 Å². The number of carbonyl (C=O) groups is 1. The van der Waals surface area contributed by atoms with Gasteiger partial charge in [-0.25, -0.2) is 4.79 Å². The highest BCUT2D eigenvalue weighted by molar-refractivity contribution is 5.59. The number of hydrogen-bond acceptors (Lipinski definition) is 5. The Hall–Kier alpha value is -2.17. The van der Waals surface area contributed by atoms with Crippen LogP contribution in [0.15, 0.2) is 36.1 Å². The summed E-state index contributed by atoms with van der Waals surface area (Å²) in [5, 5.41) is 0. The molecule has 0 spiro atoms. The maximum absolute atomic E-state index is 10.7. The minimum absolute atomic E-state index is 0.0908. The van der Waals surface area contributed by atoms with Crippen molar-refractivity contribution in [2.24, 2.45) is 0 Å². The Kier molecular flexibility index (Phi) is 3.49. The lowest BCUT2D eigenvalue weighted by Gasteiger charge is -2.20. The summed E-state index contributed by atoms with van der Waals surface area (Å²) in [5.74, 6) is 1.97. The van der Waals surface area contributed by atoms with Gasteiger partial charge in [0.15, 0.2) is 11.5 Å². The van der Waals surface area contributed by atoms with Gasteiger partial charge in [-0.05, 0) is 18.2 Å². The Morgan fingerprint density at radius 1 is 1.41 bits per heavy atom. The van der Waals surface area contributed by atoms with E-state index in [1.807, 2.05) is 24.3 Å². The van der Waals surface area contributed by atoms with Gasteiger partial charge in [0.1, 0.15) is 19.0 Å². The van der Waals surface area contributed by atoms with Crippen LogP contribution in [0.1, 0.15) is 0 Å². The molecular weight excluding hydrogens is 224 g/mol. The van der Waals surface area contributed by atoms with Crippen LogP contribution in [-0.4, -0.2) is 26.5 Å². The largest absolute Gasteiger partial charge is 0.508 e. The van der Waals surface area contributed by atoms with Gasteiger partial charge in [0, 0.05) is 0 Å². The molecule has 0 N–H and O–H groups in total. The summed E-state index contributed by atoms with van der Waals surface area (Å²) >= 11 is 0. The molecule has 1 heterocycles. The van der Waals surface area contributed by atoms with E-state index in [4.69, 9.17) is 14.2 Å². The standard InChI is InChI=1S/C12H12O5/c1-14-12(13)15-7-6-9-8-16-10-4-2-3-5-11(10)17-9/h2-6H,7-8H2,1H3/b9-6-. The van der Waals surface area contributed by atoms with Crippen LogP contribution in [0.3, 0.4) is 0 Å². The highest BCUT2D eigenvalue weighted by Gasteiger charge is 2.14. The van der Waals surface area contributed by atoms with Crippen LogP contribution in [0.4, 0.5) is 4.79 Å². The molecule has 0 fully saturated rings. The molecule has 5 heteroatoms. The van der Waals surface area contributed by atoms with Crippen LogP contribution in [0.2, 0.25) is 0 Å². The fraction of sp³-hybridized carbons (Fsp3) is 0.250. The van der Waals surface area contributed by atoms with E-state index in [1.165, 1.54) is 7.11 Å². The van der Waals surface area contributed by atoms with Gasteiger partial charge in [-0.1, -0.05) is 12.1 Å². The highest BCUT2D eigenvalue weighted by atomic mass is 16.7. The number of rotatable bonds is 2. The molecule has 0 unspecified atom stereocenters. The molecule has 0 saturated carbocycles. The minimum atomic E-state index is -0.723. The smallest absolute Gasteiger partial charge is 0.482 e. The second-order valence-corrected chi connectivity index (χ2v) is 3.27. The number of carbonyl (C=O) groups excluding carboxylic acids is 1. The van der Waals surface area contributed by atoms with E-state index in [2.05, 4.69) is 4.74 Å². The number of benzene rings is 1. The van der Waals surface area contributed by atoms with Crippen LogP contribution in [0.5, 0.6) is 11.5 Å². The van der Waals surface area contributed by atoms with Crippen molar-refractivity contribution in [1.82, 2.24) is 0 Å². The van der Waals surface area contributed by atoms with Crippen molar-refractivity contribution in [3.63, 3.8) is 0 Å². The predicted octanol–water partition coefficient (Wildman–Crippen LogP) is 2.12. The van der Waals surface area contributed by atoms with Crippen LogP contribution in [0.25, 0.3) is 0 Å². The molecule has 1 aliphatic rings. The molecule has 5 nitrogen and oxygen atoms in total. The summed E-state index contributed by atoms with van der Waals surface area (Å²) in [6.07, 6.45) is 0.909. The number of methoxy groups -OCH3 is 1. The van der Waals surface area contributed by atoms with Crippen LogP contribution in [0, 0.1) is 0 Å². The fourth-order valence-electron chi connectivity index (χ4n) is 1.34. The molecule has 0 radical (unpaired) electrons. The van der Waals surface area contributed by atoms with Crippen molar-refractivity contribution >= 4 is 6.16 Å². The second kappa shape index (κ2) is 5.25. The van der Waals surface area contributed by atoms with E-state index in [9.17, 15) is 4.79 Å². The van der Waals surface area contributed by atoms with Gasteiger partial charge in [0.2, 0.25) is 0 Å². The molecule has 1 aromatic rings. The lowest BCUT2D eigenvalue weighted by molar-refractivity contribution is 0.0809. The molecule has 0 aromatic heterocycles. The number of hydrogen-bond donors (Lipinski definition) is 0. The van der Waals surface area contributed by atoms with Crippen molar-refractivity contribution in [2.45, 2.75) is 0 Å². The van der Waals surface area contributed by atoms with Gasteiger partial charge in [0.25, 0.3) is 0 Å². The Balaban J connectivity index is 1.93.